The predicted octanol–water partition coefficient (Wildman–Crippen LogP) is 1.11. The second kappa shape index (κ2) is 6.73. The van der Waals surface area contributed by atoms with Gasteiger partial charge in [0.25, 0.3) is 0 Å². The van der Waals surface area contributed by atoms with Crippen LogP contribution < -0.4 is 0 Å². The Morgan fingerprint density at radius 1 is 1.32 bits per heavy atom. The summed E-state index contributed by atoms with van der Waals surface area (Å²) in [4.78, 5) is 16.6. The molecule has 114 valence electrons. The van der Waals surface area contributed by atoms with Gasteiger partial charge in [-0.25, -0.2) is 0 Å². The van der Waals surface area contributed by atoms with Gasteiger partial charge in [-0.1, -0.05) is 18.2 Å². The number of ether oxygens (including phenoxy) is 1. The Labute approximate surface area is 130 Å². The van der Waals surface area contributed by atoms with Gasteiger partial charge in [0.15, 0.2) is 0 Å². The highest BCUT2D eigenvalue weighted by Crippen LogP contribution is 2.15. The molecular weight excluding hydrogens is 278 g/mol. The molecule has 22 heavy (non-hydrogen) atoms. The van der Waals surface area contributed by atoms with Crippen LogP contribution in [0.15, 0.2) is 30.3 Å². The Morgan fingerprint density at radius 3 is 3.05 bits per heavy atom. The average molecular weight is 297 g/mol. The molecule has 0 saturated carbocycles. The number of hydrogen-bond donors (Lipinski definition) is 0. The van der Waals surface area contributed by atoms with E-state index in [1.165, 1.54) is 0 Å². The van der Waals surface area contributed by atoms with Crippen molar-refractivity contribution in [2.45, 2.75) is 6.04 Å². The van der Waals surface area contributed by atoms with E-state index in [0.29, 0.717) is 24.8 Å². The molecule has 0 N–H and O–H groups in total. The summed E-state index contributed by atoms with van der Waals surface area (Å²) in [5, 5.41) is 9.06. The molecule has 1 amide bonds. The van der Waals surface area contributed by atoms with Gasteiger partial charge in [0, 0.05) is 32.3 Å². The van der Waals surface area contributed by atoms with Crippen molar-refractivity contribution in [3.8, 4) is 6.07 Å². The number of carbonyl (C=O) groups is 1. The van der Waals surface area contributed by atoms with Crippen LogP contribution >= 0.6 is 0 Å². The average Bonchev–Trinajstić information content (AvgIpc) is 2.59. The molecule has 0 aliphatic carbocycles. The summed E-state index contributed by atoms with van der Waals surface area (Å²) in [7, 11) is 0. The highest BCUT2D eigenvalue weighted by atomic mass is 16.5. The van der Waals surface area contributed by atoms with Crippen LogP contribution in [-0.2, 0) is 9.53 Å². The largest absolute Gasteiger partial charge is 0.378 e. The van der Waals surface area contributed by atoms with E-state index in [1.54, 1.807) is 18.2 Å². The lowest BCUT2D eigenvalue weighted by atomic mass is 10.1. The molecule has 2 fully saturated rings. The zero-order valence-electron chi connectivity index (χ0n) is 12.4. The number of benzene rings is 1. The molecule has 1 unspecified atom stereocenters. The molecule has 1 aromatic rings. The van der Waals surface area contributed by atoms with Gasteiger partial charge in [-0.05, 0) is 17.7 Å². The van der Waals surface area contributed by atoms with Crippen LogP contribution in [0.25, 0.3) is 6.08 Å². The fourth-order valence-electron chi connectivity index (χ4n) is 2.96. The number of hydrogen-bond acceptors (Lipinski definition) is 4. The maximum atomic E-state index is 12.3. The number of morpholine rings is 1. The summed E-state index contributed by atoms with van der Waals surface area (Å²) in [6, 6.07) is 9.73. The van der Waals surface area contributed by atoms with E-state index in [-0.39, 0.29) is 5.91 Å². The summed E-state index contributed by atoms with van der Waals surface area (Å²) in [5.41, 5.74) is 1.36. The van der Waals surface area contributed by atoms with E-state index in [2.05, 4.69) is 11.0 Å². The molecule has 0 aromatic heterocycles. The first-order chi connectivity index (χ1) is 10.8. The van der Waals surface area contributed by atoms with E-state index in [0.717, 1.165) is 31.8 Å². The summed E-state index contributed by atoms with van der Waals surface area (Å²) >= 11 is 0. The third kappa shape index (κ3) is 3.19. The molecule has 1 atom stereocenters. The molecule has 0 bridgehead atoms. The van der Waals surface area contributed by atoms with Gasteiger partial charge in [0.05, 0.1) is 30.9 Å². The summed E-state index contributed by atoms with van der Waals surface area (Å²) in [5.74, 6) is -0.00188. The third-order valence-electron chi connectivity index (χ3n) is 4.24. The Morgan fingerprint density at radius 2 is 2.18 bits per heavy atom. The van der Waals surface area contributed by atoms with Gasteiger partial charge in [-0.3, -0.25) is 9.69 Å². The first-order valence-corrected chi connectivity index (χ1v) is 7.56. The van der Waals surface area contributed by atoms with E-state index in [4.69, 9.17) is 10.00 Å². The van der Waals surface area contributed by atoms with Gasteiger partial charge in [-0.15, -0.1) is 0 Å². The number of nitrogens with zero attached hydrogens (tertiary/aromatic N) is 3. The molecule has 0 spiro atoms. The molecule has 2 aliphatic heterocycles. The fraction of sp³-hybridized carbons (Fsp3) is 0.412. The number of fused-ring (bicyclic) bond motifs is 1. The lowest BCUT2D eigenvalue weighted by Crippen LogP contribution is -2.58. The summed E-state index contributed by atoms with van der Waals surface area (Å²) < 4.78 is 5.49. The molecule has 2 saturated heterocycles. The standard InChI is InChI=1S/C17H19N3O2/c18-11-15-4-2-1-3-14(15)5-6-17(21)20-8-7-19-9-10-22-13-16(19)12-20/h1-6,16H,7-10,12-13H2/b6-5+. The maximum Gasteiger partial charge on any atom is 0.246 e. The quantitative estimate of drug-likeness (QED) is 0.768. The highest BCUT2D eigenvalue weighted by Gasteiger charge is 2.30. The maximum absolute atomic E-state index is 12.3. The molecular formula is C17H19N3O2. The van der Waals surface area contributed by atoms with Crippen LogP contribution in [0.5, 0.6) is 0 Å². The first kappa shape index (κ1) is 14.8. The van der Waals surface area contributed by atoms with Crippen LogP contribution in [0.1, 0.15) is 11.1 Å². The first-order valence-electron chi connectivity index (χ1n) is 7.56. The molecule has 2 heterocycles. The van der Waals surface area contributed by atoms with Crippen molar-refractivity contribution in [3.63, 3.8) is 0 Å². The molecule has 1 aromatic carbocycles. The van der Waals surface area contributed by atoms with Crippen LogP contribution in [-0.4, -0.2) is 61.1 Å². The number of rotatable bonds is 2. The number of nitriles is 1. The normalized spacial score (nSPS) is 22.3. The van der Waals surface area contributed by atoms with E-state index in [1.807, 2.05) is 23.1 Å². The van der Waals surface area contributed by atoms with Gasteiger partial charge >= 0.3 is 0 Å². The lowest BCUT2D eigenvalue weighted by molar-refractivity contribution is -0.131. The number of piperazine rings is 1. The second-order valence-corrected chi connectivity index (χ2v) is 5.58. The number of amides is 1. The minimum absolute atomic E-state index is 0.00188. The van der Waals surface area contributed by atoms with Crippen molar-refractivity contribution in [3.05, 3.63) is 41.5 Å². The van der Waals surface area contributed by atoms with E-state index in [9.17, 15) is 4.79 Å². The molecule has 3 rings (SSSR count). The van der Waals surface area contributed by atoms with E-state index >= 15 is 0 Å². The zero-order valence-corrected chi connectivity index (χ0v) is 12.4. The topological polar surface area (TPSA) is 56.6 Å². The third-order valence-corrected chi connectivity index (χ3v) is 4.24. The van der Waals surface area contributed by atoms with Crippen molar-refractivity contribution < 1.29 is 9.53 Å². The minimum Gasteiger partial charge on any atom is -0.378 e. The highest BCUT2D eigenvalue weighted by molar-refractivity contribution is 5.92. The molecule has 5 nitrogen and oxygen atoms in total. The van der Waals surface area contributed by atoms with Gasteiger partial charge in [0.1, 0.15) is 0 Å². The SMILES string of the molecule is N#Cc1ccccc1/C=C/C(=O)N1CCN2CCOCC2C1. The molecule has 2 aliphatic rings. The summed E-state index contributed by atoms with van der Waals surface area (Å²) in [6.45, 7) is 4.81. The molecule has 5 heteroatoms. The Hall–Kier alpha value is -2.16. The van der Waals surface area contributed by atoms with Gasteiger partial charge < -0.3 is 9.64 Å². The van der Waals surface area contributed by atoms with Gasteiger partial charge in [-0.2, -0.15) is 5.26 Å². The summed E-state index contributed by atoms with van der Waals surface area (Å²) in [6.07, 6.45) is 3.29. The zero-order chi connectivity index (χ0) is 15.4. The Bertz CT molecular complexity index is 621. The molecule has 0 radical (unpaired) electrons. The van der Waals surface area contributed by atoms with Crippen LogP contribution in [0.2, 0.25) is 0 Å². The second-order valence-electron chi connectivity index (χ2n) is 5.58. The number of carbonyl (C=O) groups excluding carboxylic acids is 1. The van der Waals surface area contributed by atoms with Crippen molar-refractivity contribution in [2.75, 3.05) is 39.4 Å². The van der Waals surface area contributed by atoms with Crippen molar-refractivity contribution in [1.29, 1.82) is 5.26 Å². The smallest absolute Gasteiger partial charge is 0.246 e. The van der Waals surface area contributed by atoms with Crippen LogP contribution in [0.3, 0.4) is 0 Å². The Balaban J connectivity index is 1.64. The monoisotopic (exact) mass is 297 g/mol. The van der Waals surface area contributed by atoms with Crippen LogP contribution in [0.4, 0.5) is 0 Å². The van der Waals surface area contributed by atoms with Crippen LogP contribution in [0, 0.1) is 11.3 Å². The predicted molar refractivity (Wildman–Crippen MR) is 83.0 cm³/mol. The minimum atomic E-state index is -0.00188. The van der Waals surface area contributed by atoms with Crippen molar-refractivity contribution >= 4 is 12.0 Å². The van der Waals surface area contributed by atoms with Crippen molar-refractivity contribution in [1.82, 2.24) is 9.80 Å². The van der Waals surface area contributed by atoms with E-state index < -0.39 is 0 Å². The Kier molecular flexibility index (Phi) is 4.52. The van der Waals surface area contributed by atoms with Gasteiger partial charge in [0.2, 0.25) is 5.91 Å². The van der Waals surface area contributed by atoms with Crippen molar-refractivity contribution in [2.24, 2.45) is 0 Å². The lowest BCUT2D eigenvalue weighted by Gasteiger charge is -2.43. The fourth-order valence-corrected chi connectivity index (χ4v) is 2.96.